The molecule has 5 N–H and O–H groups in total. The van der Waals surface area contributed by atoms with Crippen LogP contribution in [0.2, 0.25) is 0 Å². The van der Waals surface area contributed by atoms with Crippen molar-refractivity contribution in [2.75, 3.05) is 12.3 Å². The number of aliphatic hydroxyl groups is 1. The lowest BCUT2D eigenvalue weighted by Crippen LogP contribution is -2.34. The number of fused-ring (bicyclic) bond motifs is 2. The topological polar surface area (TPSA) is 184 Å². The molecule has 1 saturated heterocycles. The van der Waals surface area contributed by atoms with Crippen molar-refractivity contribution in [1.82, 2.24) is 24.6 Å². The highest BCUT2D eigenvalue weighted by Gasteiger charge is 2.39. The first-order valence-electron chi connectivity index (χ1n) is 11.9. The van der Waals surface area contributed by atoms with Crippen LogP contribution in [0.5, 0.6) is 5.75 Å². The Morgan fingerprint density at radius 3 is 2.89 bits per heavy atom. The predicted octanol–water partition coefficient (Wildman–Crippen LogP) is 2.27. The minimum absolute atomic E-state index is 0.0763. The number of nitrogen functional groups attached to an aromatic ring is 1. The molecule has 200 valence electrons. The minimum Gasteiger partial charge on any atom is -0.413 e. The number of aromatic nitrogens is 4. The largest absolute Gasteiger partial charge is 0.459 e. The van der Waals surface area contributed by atoms with E-state index in [1.165, 1.54) is 17.8 Å². The molecule has 5 atom stereocenters. The van der Waals surface area contributed by atoms with Crippen LogP contribution < -0.4 is 20.9 Å². The number of imidazole rings is 1. The first-order chi connectivity index (χ1) is 18.1. The molecule has 2 aromatic heterocycles. The molecule has 38 heavy (non-hydrogen) atoms. The Labute approximate surface area is 216 Å². The molecule has 2 aromatic carbocycles. The molecule has 1 unspecified atom stereocenters. The molecule has 1 aliphatic heterocycles. The molecule has 3 heterocycles. The van der Waals surface area contributed by atoms with Gasteiger partial charge < -0.3 is 20.1 Å². The maximum absolute atomic E-state index is 13.8. The second-order valence-electron chi connectivity index (χ2n) is 9.03. The lowest BCUT2D eigenvalue weighted by atomic mass is 10.1. The van der Waals surface area contributed by atoms with Crippen LogP contribution in [0.25, 0.3) is 21.9 Å². The third-order valence-electron chi connectivity index (χ3n) is 6.30. The molecule has 14 heteroatoms. The first-order valence-corrected chi connectivity index (χ1v) is 13.4. The predicted molar refractivity (Wildman–Crippen MR) is 139 cm³/mol. The van der Waals surface area contributed by atoms with Gasteiger partial charge in [0, 0.05) is 11.8 Å². The molecule has 0 saturated carbocycles. The van der Waals surface area contributed by atoms with Gasteiger partial charge in [0.05, 0.1) is 25.1 Å². The van der Waals surface area contributed by atoms with E-state index in [0.717, 1.165) is 5.39 Å². The number of H-pyrrole nitrogens is 1. The van der Waals surface area contributed by atoms with Gasteiger partial charge in [-0.1, -0.05) is 36.4 Å². The van der Waals surface area contributed by atoms with Gasteiger partial charge in [-0.2, -0.15) is 4.98 Å². The number of anilines is 1. The van der Waals surface area contributed by atoms with E-state index >= 15 is 0 Å². The van der Waals surface area contributed by atoms with Gasteiger partial charge in [-0.15, -0.1) is 0 Å². The summed E-state index contributed by atoms with van der Waals surface area (Å²) < 4.78 is 32.9. The number of rotatable bonds is 9. The number of hydrogen-bond donors (Lipinski definition) is 4. The Morgan fingerprint density at radius 2 is 2.11 bits per heavy atom. The van der Waals surface area contributed by atoms with Gasteiger partial charge >= 0.3 is 7.75 Å². The Bertz CT molecular complexity index is 1600. The SMILES string of the molecule is CC(=O)[C@H](C)NP(=O)(OC[C@H]1O[C@@H](n2cnc3c(=O)[nH]c(N)nc32)C[C@H]1O)Oc1cccc2ccccc12. The summed E-state index contributed by atoms with van der Waals surface area (Å²) in [5.74, 6) is -0.0413. The number of ether oxygens (including phenoxy) is 1. The fourth-order valence-electron chi connectivity index (χ4n) is 4.18. The van der Waals surface area contributed by atoms with E-state index < -0.39 is 37.8 Å². The third-order valence-corrected chi connectivity index (χ3v) is 7.93. The quantitative estimate of drug-likeness (QED) is 0.228. The van der Waals surface area contributed by atoms with Crippen molar-refractivity contribution in [1.29, 1.82) is 0 Å². The second-order valence-corrected chi connectivity index (χ2v) is 10.7. The molecule has 13 nitrogen and oxygen atoms in total. The maximum atomic E-state index is 13.8. The summed E-state index contributed by atoms with van der Waals surface area (Å²) in [5.41, 5.74) is 5.45. The van der Waals surface area contributed by atoms with Gasteiger partial charge in [-0.25, -0.2) is 14.6 Å². The first kappa shape index (κ1) is 26.0. The van der Waals surface area contributed by atoms with Crippen LogP contribution in [0.4, 0.5) is 5.95 Å². The molecule has 0 amide bonds. The molecule has 0 bridgehead atoms. The van der Waals surface area contributed by atoms with Crippen LogP contribution >= 0.6 is 7.75 Å². The number of hydrogen-bond acceptors (Lipinski definition) is 10. The Balaban J connectivity index is 1.36. The second kappa shape index (κ2) is 10.3. The van der Waals surface area contributed by atoms with Crippen molar-refractivity contribution in [2.45, 2.75) is 44.7 Å². The smallest absolute Gasteiger partial charge is 0.413 e. The number of aromatic amines is 1. The zero-order valence-corrected chi connectivity index (χ0v) is 21.5. The van der Waals surface area contributed by atoms with E-state index in [2.05, 4.69) is 20.0 Å². The summed E-state index contributed by atoms with van der Waals surface area (Å²) in [6, 6.07) is 11.9. The molecular formula is C24H27N6O7P. The van der Waals surface area contributed by atoms with Crippen molar-refractivity contribution in [3.05, 3.63) is 59.1 Å². The fraction of sp³-hybridized carbons (Fsp3) is 0.333. The molecule has 4 aromatic rings. The van der Waals surface area contributed by atoms with Crippen molar-refractivity contribution < 1.29 is 28.3 Å². The standard InChI is InChI=1S/C24H27N6O7P/c1-13(14(2)31)29-38(34,37-18-9-5-7-15-6-3-4-8-16(15)18)35-11-19-17(32)10-20(36-19)30-12-26-21-22(30)27-24(25)28-23(21)33/h3-9,12-13,17,19-20,32H,10-11H2,1-2H3,(H,29,34)(H3,25,27,28,33)/t13-,17+,19+,20+,38?/m0/s1. The Hall–Kier alpha value is -3.61. The number of nitrogens with two attached hydrogens (primary N) is 1. The lowest BCUT2D eigenvalue weighted by Gasteiger charge is -2.25. The highest BCUT2D eigenvalue weighted by molar-refractivity contribution is 7.52. The van der Waals surface area contributed by atoms with Crippen LogP contribution in [0.3, 0.4) is 0 Å². The van der Waals surface area contributed by atoms with Crippen molar-refractivity contribution >= 4 is 41.4 Å². The van der Waals surface area contributed by atoms with Gasteiger partial charge in [0.2, 0.25) is 5.95 Å². The van der Waals surface area contributed by atoms with E-state index in [-0.39, 0.29) is 35.9 Å². The molecule has 0 aliphatic carbocycles. The molecular weight excluding hydrogens is 515 g/mol. The van der Waals surface area contributed by atoms with Crippen molar-refractivity contribution in [3.8, 4) is 5.75 Å². The number of nitrogens with zero attached hydrogens (tertiary/aromatic N) is 3. The molecule has 0 radical (unpaired) electrons. The van der Waals surface area contributed by atoms with Gasteiger partial charge in [-0.3, -0.25) is 23.7 Å². The Morgan fingerprint density at radius 1 is 1.34 bits per heavy atom. The molecule has 0 spiro atoms. The van der Waals surface area contributed by atoms with Crippen molar-refractivity contribution in [2.24, 2.45) is 0 Å². The lowest BCUT2D eigenvalue weighted by molar-refractivity contribution is -0.118. The number of nitrogens with one attached hydrogen (secondary N) is 2. The summed E-state index contributed by atoms with van der Waals surface area (Å²) in [4.78, 5) is 34.6. The minimum atomic E-state index is -4.12. The van der Waals surface area contributed by atoms with E-state index in [1.807, 2.05) is 30.3 Å². The summed E-state index contributed by atoms with van der Waals surface area (Å²) in [6.45, 7) is 2.59. The number of carbonyl (C=O) groups excluding carboxylic acids is 1. The number of ketones is 1. The Kier molecular flexibility index (Phi) is 7.03. The number of carbonyl (C=O) groups is 1. The van der Waals surface area contributed by atoms with Crippen molar-refractivity contribution in [3.63, 3.8) is 0 Å². The normalized spacial score (nSPS) is 21.9. The highest BCUT2D eigenvalue weighted by atomic mass is 31.2. The molecule has 1 fully saturated rings. The maximum Gasteiger partial charge on any atom is 0.459 e. The van der Waals surface area contributed by atoms with Gasteiger partial charge in [0.25, 0.3) is 5.56 Å². The van der Waals surface area contributed by atoms with Gasteiger partial charge in [0.15, 0.2) is 11.2 Å². The zero-order chi connectivity index (χ0) is 27.0. The average Bonchev–Trinajstić information content (AvgIpc) is 3.46. The highest BCUT2D eigenvalue weighted by Crippen LogP contribution is 2.47. The van der Waals surface area contributed by atoms with Crippen LogP contribution in [-0.4, -0.2) is 55.3 Å². The van der Waals surface area contributed by atoms with E-state index in [4.69, 9.17) is 19.5 Å². The van der Waals surface area contributed by atoms with Crippen LogP contribution in [0.1, 0.15) is 26.5 Å². The average molecular weight is 542 g/mol. The van der Waals surface area contributed by atoms with E-state index in [9.17, 15) is 19.3 Å². The summed E-state index contributed by atoms with van der Waals surface area (Å²) in [7, 11) is -4.12. The van der Waals surface area contributed by atoms with Gasteiger partial charge in [0.1, 0.15) is 23.9 Å². The number of aliphatic hydroxyl groups excluding tert-OH is 1. The summed E-state index contributed by atoms with van der Waals surface area (Å²) in [5, 5.41) is 14.9. The molecule has 1 aliphatic rings. The number of Topliss-reactive ketones (excluding diaryl/α,β-unsaturated/α-hetero) is 1. The summed E-state index contributed by atoms with van der Waals surface area (Å²) >= 11 is 0. The summed E-state index contributed by atoms with van der Waals surface area (Å²) in [6.07, 6.45) is -1.15. The van der Waals surface area contributed by atoms with E-state index in [0.29, 0.717) is 11.1 Å². The van der Waals surface area contributed by atoms with Crippen LogP contribution in [0, 0.1) is 0 Å². The third kappa shape index (κ3) is 5.19. The van der Waals surface area contributed by atoms with Gasteiger partial charge in [-0.05, 0) is 25.3 Å². The number of benzene rings is 2. The van der Waals surface area contributed by atoms with E-state index in [1.54, 1.807) is 19.1 Å². The van der Waals surface area contributed by atoms with Crippen LogP contribution in [-0.2, 0) is 18.6 Å². The monoisotopic (exact) mass is 542 g/mol. The molecule has 5 rings (SSSR count). The van der Waals surface area contributed by atoms with Crippen LogP contribution in [0.15, 0.2) is 53.6 Å². The fourth-order valence-corrected chi connectivity index (χ4v) is 5.78. The zero-order valence-electron chi connectivity index (χ0n) is 20.6.